The number of benzene rings is 1. The summed E-state index contributed by atoms with van der Waals surface area (Å²) >= 11 is 0. The molecule has 3 aromatic rings. The van der Waals surface area contributed by atoms with Crippen molar-refractivity contribution in [3.8, 4) is 5.75 Å². The fraction of sp³-hybridized carbons (Fsp3) is 0.250. The number of hydrogen-bond acceptors (Lipinski definition) is 5. The second kappa shape index (κ2) is 4.27. The number of methoxy groups -OCH3 is 1. The van der Waals surface area contributed by atoms with Crippen LogP contribution in [0, 0.1) is 0 Å². The van der Waals surface area contributed by atoms with Crippen LogP contribution in [0.3, 0.4) is 0 Å². The molecule has 19 heavy (non-hydrogen) atoms. The zero-order valence-electron chi connectivity index (χ0n) is 10.7. The van der Waals surface area contributed by atoms with E-state index in [1.54, 1.807) is 13.4 Å². The smallest absolute Gasteiger partial charge is 0.201 e. The molecule has 3 rings (SSSR count). The van der Waals surface area contributed by atoms with Crippen molar-refractivity contribution in [3.63, 3.8) is 0 Å². The highest BCUT2D eigenvalue weighted by Gasteiger charge is 2.13. The third kappa shape index (κ3) is 1.79. The van der Waals surface area contributed by atoms with Gasteiger partial charge in [-0.25, -0.2) is 4.98 Å². The number of nitrogen functional groups attached to an aromatic ring is 1. The first-order valence-electron chi connectivity index (χ1n) is 5.82. The minimum Gasteiger partial charge on any atom is -0.494 e. The average Bonchev–Trinajstić information content (AvgIpc) is 2.95. The summed E-state index contributed by atoms with van der Waals surface area (Å²) in [4.78, 5) is 4.35. The lowest BCUT2D eigenvalue weighted by atomic mass is 10.3. The summed E-state index contributed by atoms with van der Waals surface area (Å²) in [6.07, 6.45) is 1.66. The second-order valence-electron chi connectivity index (χ2n) is 4.24. The number of nitrogens with two attached hydrogens (primary N) is 1. The number of hydrogen-bond donors (Lipinski definition) is 1. The maximum Gasteiger partial charge on any atom is 0.201 e. The van der Waals surface area contributed by atoms with E-state index in [2.05, 4.69) is 15.2 Å². The molecule has 0 amide bonds. The molecule has 0 saturated heterocycles. The van der Waals surface area contributed by atoms with Crippen molar-refractivity contribution in [2.24, 2.45) is 7.05 Å². The van der Waals surface area contributed by atoms with Gasteiger partial charge in [-0.3, -0.25) is 0 Å². The van der Waals surface area contributed by atoms with Crippen molar-refractivity contribution in [2.45, 2.75) is 6.54 Å². The zero-order valence-corrected chi connectivity index (χ0v) is 10.7. The van der Waals surface area contributed by atoms with Crippen molar-refractivity contribution in [1.82, 2.24) is 24.3 Å². The van der Waals surface area contributed by atoms with E-state index < -0.39 is 0 Å². The van der Waals surface area contributed by atoms with Crippen LogP contribution in [0.4, 0.5) is 5.95 Å². The second-order valence-corrected chi connectivity index (χ2v) is 4.24. The van der Waals surface area contributed by atoms with Gasteiger partial charge in [-0.05, 0) is 12.1 Å². The summed E-state index contributed by atoms with van der Waals surface area (Å²) in [7, 11) is 3.51. The molecule has 2 N–H and O–H groups in total. The molecular formula is C12H14N6O. The predicted octanol–water partition coefficient (Wildman–Crippen LogP) is 0.804. The molecule has 0 aliphatic heterocycles. The van der Waals surface area contributed by atoms with Crippen LogP contribution in [0.1, 0.15) is 5.82 Å². The van der Waals surface area contributed by atoms with E-state index in [0.717, 1.165) is 16.9 Å². The Morgan fingerprint density at radius 2 is 2.21 bits per heavy atom. The molecule has 0 unspecified atom stereocenters. The Bertz CT molecular complexity index is 729. The number of aromatic nitrogens is 5. The molecule has 7 heteroatoms. The number of fused-ring (bicyclic) bond motifs is 1. The van der Waals surface area contributed by atoms with E-state index in [9.17, 15) is 0 Å². The van der Waals surface area contributed by atoms with E-state index in [0.29, 0.717) is 18.2 Å². The molecule has 2 aromatic heterocycles. The molecule has 0 aliphatic carbocycles. The van der Waals surface area contributed by atoms with Gasteiger partial charge in [-0.15, -0.1) is 10.2 Å². The Labute approximate surface area is 109 Å². The van der Waals surface area contributed by atoms with Crippen LogP contribution in [0.5, 0.6) is 5.75 Å². The third-order valence-corrected chi connectivity index (χ3v) is 3.10. The molecule has 0 atom stereocenters. The van der Waals surface area contributed by atoms with Crippen molar-refractivity contribution in [1.29, 1.82) is 0 Å². The Balaban J connectivity index is 2.13. The minimum atomic E-state index is 0.433. The van der Waals surface area contributed by atoms with Gasteiger partial charge in [0.1, 0.15) is 17.6 Å². The number of anilines is 1. The van der Waals surface area contributed by atoms with Crippen LogP contribution < -0.4 is 10.5 Å². The van der Waals surface area contributed by atoms with E-state index in [1.165, 1.54) is 0 Å². The van der Waals surface area contributed by atoms with Gasteiger partial charge in [0.2, 0.25) is 5.95 Å². The highest BCUT2D eigenvalue weighted by molar-refractivity contribution is 5.84. The standard InChI is InChI=1S/C12H14N6O/c1-17-7-14-16-10(17)6-18-8-4-3-5-9(19-2)11(8)15-12(18)13/h3-5,7H,6H2,1-2H3,(H2,13,15). The molecule has 0 radical (unpaired) electrons. The number of aryl methyl sites for hydroxylation is 1. The van der Waals surface area contributed by atoms with Gasteiger partial charge in [0.15, 0.2) is 5.82 Å². The number of rotatable bonds is 3. The van der Waals surface area contributed by atoms with Crippen molar-refractivity contribution in [2.75, 3.05) is 12.8 Å². The molecule has 7 nitrogen and oxygen atoms in total. The highest BCUT2D eigenvalue weighted by Crippen LogP contribution is 2.27. The van der Waals surface area contributed by atoms with Crippen molar-refractivity contribution >= 4 is 17.0 Å². The quantitative estimate of drug-likeness (QED) is 0.751. The van der Waals surface area contributed by atoms with Crippen LogP contribution >= 0.6 is 0 Å². The SMILES string of the molecule is COc1cccc2c1nc(N)n2Cc1nncn1C. The summed E-state index contributed by atoms with van der Waals surface area (Å²) in [6.45, 7) is 0.520. The Hall–Kier alpha value is -2.57. The van der Waals surface area contributed by atoms with Crippen molar-refractivity contribution < 1.29 is 4.74 Å². The fourth-order valence-electron chi connectivity index (χ4n) is 2.06. The first kappa shape index (κ1) is 11.5. The summed E-state index contributed by atoms with van der Waals surface area (Å²) in [5, 5.41) is 7.92. The average molecular weight is 258 g/mol. The van der Waals surface area contributed by atoms with E-state index >= 15 is 0 Å². The van der Waals surface area contributed by atoms with Gasteiger partial charge in [-0.2, -0.15) is 0 Å². The maximum absolute atomic E-state index is 5.98. The number of para-hydroxylation sites is 1. The molecule has 2 heterocycles. The summed E-state index contributed by atoms with van der Waals surface area (Å²) in [5.41, 5.74) is 7.65. The number of ether oxygens (including phenoxy) is 1. The van der Waals surface area contributed by atoms with Gasteiger partial charge < -0.3 is 19.6 Å². The lowest BCUT2D eigenvalue weighted by Crippen LogP contribution is -2.08. The van der Waals surface area contributed by atoms with Crippen LogP contribution in [0.15, 0.2) is 24.5 Å². The highest BCUT2D eigenvalue weighted by atomic mass is 16.5. The van der Waals surface area contributed by atoms with Gasteiger partial charge in [0.05, 0.1) is 19.2 Å². The normalized spacial score (nSPS) is 11.1. The zero-order chi connectivity index (χ0) is 13.4. The summed E-state index contributed by atoms with van der Waals surface area (Å²) in [5.74, 6) is 1.96. The molecule has 0 fully saturated rings. The van der Waals surface area contributed by atoms with E-state index in [4.69, 9.17) is 10.5 Å². The summed E-state index contributed by atoms with van der Waals surface area (Å²) in [6, 6.07) is 5.73. The molecule has 0 aliphatic rings. The Morgan fingerprint density at radius 1 is 1.37 bits per heavy atom. The maximum atomic E-state index is 5.98. The topological polar surface area (TPSA) is 83.8 Å². The molecular weight excluding hydrogens is 244 g/mol. The number of imidazole rings is 1. The van der Waals surface area contributed by atoms with Crippen LogP contribution in [-0.2, 0) is 13.6 Å². The van der Waals surface area contributed by atoms with Crippen LogP contribution in [0.25, 0.3) is 11.0 Å². The van der Waals surface area contributed by atoms with Gasteiger partial charge in [0.25, 0.3) is 0 Å². The van der Waals surface area contributed by atoms with E-state index in [-0.39, 0.29) is 0 Å². The molecule has 0 bridgehead atoms. The Kier molecular flexibility index (Phi) is 2.59. The van der Waals surface area contributed by atoms with Gasteiger partial charge in [0, 0.05) is 7.05 Å². The van der Waals surface area contributed by atoms with Crippen LogP contribution in [-0.4, -0.2) is 31.4 Å². The monoisotopic (exact) mass is 258 g/mol. The first-order valence-corrected chi connectivity index (χ1v) is 5.82. The van der Waals surface area contributed by atoms with Crippen molar-refractivity contribution in [3.05, 3.63) is 30.4 Å². The predicted molar refractivity (Wildman–Crippen MR) is 70.8 cm³/mol. The lowest BCUT2D eigenvalue weighted by molar-refractivity contribution is 0.419. The lowest BCUT2D eigenvalue weighted by Gasteiger charge is -2.06. The first-order chi connectivity index (χ1) is 9.20. The Morgan fingerprint density at radius 3 is 2.89 bits per heavy atom. The largest absolute Gasteiger partial charge is 0.494 e. The fourth-order valence-corrected chi connectivity index (χ4v) is 2.06. The van der Waals surface area contributed by atoms with Gasteiger partial charge >= 0.3 is 0 Å². The van der Waals surface area contributed by atoms with E-state index in [1.807, 2.05) is 34.4 Å². The minimum absolute atomic E-state index is 0.433. The molecule has 0 spiro atoms. The summed E-state index contributed by atoms with van der Waals surface area (Å²) < 4.78 is 9.03. The molecule has 0 saturated carbocycles. The van der Waals surface area contributed by atoms with Gasteiger partial charge in [-0.1, -0.05) is 6.07 Å². The third-order valence-electron chi connectivity index (χ3n) is 3.10. The molecule has 1 aromatic carbocycles. The number of nitrogens with zero attached hydrogens (tertiary/aromatic N) is 5. The molecule has 98 valence electrons. The van der Waals surface area contributed by atoms with Crippen LogP contribution in [0.2, 0.25) is 0 Å².